The van der Waals surface area contributed by atoms with Crippen LogP contribution in [0.15, 0.2) is 24.5 Å². The highest BCUT2D eigenvalue weighted by atomic mass is 16.3. The molecule has 1 aromatic rings. The summed E-state index contributed by atoms with van der Waals surface area (Å²) in [6.45, 7) is 1.24. The first-order chi connectivity index (χ1) is 8.15. The first-order valence-corrected chi connectivity index (χ1v) is 5.57. The van der Waals surface area contributed by atoms with Gasteiger partial charge in [0.1, 0.15) is 0 Å². The lowest BCUT2D eigenvalue weighted by atomic mass is 9.98. The van der Waals surface area contributed by atoms with Crippen molar-refractivity contribution in [2.24, 2.45) is 0 Å². The lowest BCUT2D eigenvalue weighted by Gasteiger charge is -2.29. The number of amides is 1. The number of carbonyl (C=O) groups is 1. The number of rotatable bonds is 6. The molecule has 0 aliphatic rings. The second-order valence-electron chi connectivity index (χ2n) is 4.04. The average molecular weight is 238 g/mol. The lowest BCUT2D eigenvalue weighted by Crippen LogP contribution is -2.54. The minimum absolute atomic E-state index is 0.190. The van der Waals surface area contributed by atoms with Gasteiger partial charge < -0.3 is 15.5 Å². The Balaban J connectivity index is 2.60. The van der Waals surface area contributed by atoms with E-state index in [1.54, 1.807) is 31.5 Å². The van der Waals surface area contributed by atoms with E-state index in [1.165, 1.54) is 0 Å². The van der Waals surface area contributed by atoms with Crippen molar-refractivity contribution in [3.05, 3.63) is 30.1 Å². The highest BCUT2D eigenvalue weighted by Gasteiger charge is 2.28. The SMILES string of the molecule is CCC(CO)(CO)NC(=O)Cc1cccnc1. The lowest BCUT2D eigenvalue weighted by molar-refractivity contribution is -0.123. The Kier molecular flexibility index (Phi) is 5.06. The van der Waals surface area contributed by atoms with E-state index in [9.17, 15) is 15.0 Å². The normalized spacial score (nSPS) is 11.2. The molecule has 0 atom stereocenters. The molecule has 0 saturated carbocycles. The zero-order valence-electron chi connectivity index (χ0n) is 9.89. The molecule has 0 radical (unpaired) electrons. The minimum Gasteiger partial charge on any atom is -0.394 e. The summed E-state index contributed by atoms with van der Waals surface area (Å²) in [6, 6.07) is 3.56. The van der Waals surface area contributed by atoms with Crippen LogP contribution in [0.1, 0.15) is 18.9 Å². The van der Waals surface area contributed by atoms with Crippen LogP contribution in [0.4, 0.5) is 0 Å². The summed E-state index contributed by atoms with van der Waals surface area (Å²) in [5.74, 6) is -0.233. The van der Waals surface area contributed by atoms with E-state index < -0.39 is 5.54 Å². The van der Waals surface area contributed by atoms with E-state index in [2.05, 4.69) is 10.3 Å². The van der Waals surface area contributed by atoms with Crippen LogP contribution in [0.5, 0.6) is 0 Å². The molecule has 0 aromatic carbocycles. The molecule has 3 N–H and O–H groups in total. The van der Waals surface area contributed by atoms with Crippen molar-refractivity contribution in [2.45, 2.75) is 25.3 Å². The Morgan fingerprint density at radius 3 is 2.65 bits per heavy atom. The number of hydrogen-bond donors (Lipinski definition) is 3. The number of carbonyl (C=O) groups excluding carboxylic acids is 1. The van der Waals surface area contributed by atoms with Crippen LogP contribution < -0.4 is 5.32 Å². The quantitative estimate of drug-likeness (QED) is 0.645. The van der Waals surface area contributed by atoms with Gasteiger partial charge in [-0.25, -0.2) is 0 Å². The van der Waals surface area contributed by atoms with Crippen LogP contribution in [0.25, 0.3) is 0 Å². The Bertz CT molecular complexity index is 342. The van der Waals surface area contributed by atoms with Crippen molar-refractivity contribution in [2.75, 3.05) is 13.2 Å². The maximum absolute atomic E-state index is 11.7. The second-order valence-corrected chi connectivity index (χ2v) is 4.04. The first-order valence-electron chi connectivity index (χ1n) is 5.57. The summed E-state index contributed by atoms with van der Waals surface area (Å²) in [6.07, 6.45) is 3.92. The molecular formula is C12H18N2O3. The summed E-state index contributed by atoms with van der Waals surface area (Å²) in [7, 11) is 0. The molecule has 5 nitrogen and oxygen atoms in total. The summed E-state index contributed by atoms with van der Waals surface area (Å²) in [4.78, 5) is 15.7. The zero-order valence-corrected chi connectivity index (χ0v) is 9.89. The minimum atomic E-state index is -0.931. The molecule has 17 heavy (non-hydrogen) atoms. The van der Waals surface area contributed by atoms with Crippen molar-refractivity contribution < 1.29 is 15.0 Å². The largest absolute Gasteiger partial charge is 0.394 e. The summed E-state index contributed by atoms with van der Waals surface area (Å²) in [5, 5.41) is 21.1. The van der Waals surface area contributed by atoms with E-state index in [1.807, 2.05) is 0 Å². The fourth-order valence-electron chi connectivity index (χ4n) is 1.47. The van der Waals surface area contributed by atoms with Crippen molar-refractivity contribution in [1.82, 2.24) is 10.3 Å². The van der Waals surface area contributed by atoms with E-state index in [-0.39, 0.29) is 25.5 Å². The van der Waals surface area contributed by atoms with Gasteiger partial charge in [0.25, 0.3) is 0 Å². The number of nitrogens with one attached hydrogen (secondary N) is 1. The number of aromatic nitrogens is 1. The highest BCUT2D eigenvalue weighted by molar-refractivity contribution is 5.79. The van der Waals surface area contributed by atoms with Crippen molar-refractivity contribution in [1.29, 1.82) is 0 Å². The molecule has 0 saturated heterocycles. The third-order valence-corrected chi connectivity index (χ3v) is 2.77. The van der Waals surface area contributed by atoms with Gasteiger partial charge in [-0.15, -0.1) is 0 Å². The van der Waals surface area contributed by atoms with Crippen molar-refractivity contribution >= 4 is 5.91 Å². The number of hydrogen-bond acceptors (Lipinski definition) is 4. The van der Waals surface area contributed by atoms with Gasteiger partial charge in [0.2, 0.25) is 5.91 Å². The summed E-state index contributed by atoms with van der Waals surface area (Å²) >= 11 is 0. The predicted octanol–water partition coefficient (Wildman–Crippen LogP) is -0.126. The third kappa shape index (κ3) is 3.80. The Morgan fingerprint density at radius 1 is 1.47 bits per heavy atom. The second kappa shape index (κ2) is 6.32. The average Bonchev–Trinajstić information content (AvgIpc) is 2.37. The third-order valence-electron chi connectivity index (χ3n) is 2.77. The van der Waals surface area contributed by atoms with Crippen LogP contribution in [0.2, 0.25) is 0 Å². The maximum Gasteiger partial charge on any atom is 0.225 e. The Morgan fingerprint density at radius 2 is 2.18 bits per heavy atom. The molecule has 0 aliphatic carbocycles. The van der Waals surface area contributed by atoms with Crippen LogP contribution in [0.3, 0.4) is 0 Å². The molecule has 0 unspecified atom stereocenters. The Hall–Kier alpha value is -1.46. The van der Waals surface area contributed by atoms with E-state index in [0.717, 1.165) is 5.56 Å². The van der Waals surface area contributed by atoms with Crippen molar-refractivity contribution in [3.63, 3.8) is 0 Å². The predicted molar refractivity (Wildman–Crippen MR) is 63.3 cm³/mol. The Labute approximate surface area is 101 Å². The number of pyridine rings is 1. The van der Waals surface area contributed by atoms with Gasteiger partial charge >= 0.3 is 0 Å². The number of aliphatic hydroxyl groups is 2. The standard InChI is InChI=1S/C12H18N2O3/c1-2-12(8-15,9-16)14-11(17)6-10-4-3-5-13-7-10/h3-5,7,15-16H,2,6,8-9H2,1H3,(H,14,17). The molecule has 0 spiro atoms. The molecule has 1 aromatic heterocycles. The molecule has 0 bridgehead atoms. The van der Waals surface area contributed by atoms with E-state index >= 15 is 0 Å². The summed E-state index contributed by atoms with van der Waals surface area (Å²) < 4.78 is 0. The molecule has 0 fully saturated rings. The fraction of sp³-hybridized carbons (Fsp3) is 0.500. The zero-order chi connectivity index (χ0) is 12.7. The fourth-order valence-corrected chi connectivity index (χ4v) is 1.47. The summed E-state index contributed by atoms with van der Waals surface area (Å²) in [5.41, 5.74) is -0.134. The topological polar surface area (TPSA) is 82.5 Å². The highest BCUT2D eigenvalue weighted by Crippen LogP contribution is 2.09. The van der Waals surface area contributed by atoms with Gasteiger partial charge in [-0.3, -0.25) is 9.78 Å². The van der Waals surface area contributed by atoms with Crippen LogP contribution in [0, 0.1) is 0 Å². The molecule has 1 heterocycles. The van der Waals surface area contributed by atoms with Gasteiger partial charge in [-0.2, -0.15) is 0 Å². The van der Waals surface area contributed by atoms with Gasteiger partial charge in [0.15, 0.2) is 0 Å². The smallest absolute Gasteiger partial charge is 0.225 e. The van der Waals surface area contributed by atoms with E-state index in [0.29, 0.717) is 6.42 Å². The maximum atomic E-state index is 11.7. The van der Waals surface area contributed by atoms with Crippen LogP contribution in [-0.4, -0.2) is 39.9 Å². The molecule has 0 aliphatic heterocycles. The van der Waals surface area contributed by atoms with Crippen LogP contribution >= 0.6 is 0 Å². The van der Waals surface area contributed by atoms with E-state index in [4.69, 9.17) is 0 Å². The monoisotopic (exact) mass is 238 g/mol. The van der Waals surface area contributed by atoms with Gasteiger partial charge in [0.05, 0.1) is 25.2 Å². The molecule has 1 amide bonds. The molecule has 5 heteroatoms. The molecule has 1 rings (SSSR count). The van der Waals surface area contributed by atoms with Crippen molar-refractivity contribution in [3.8, 4) is 0 Å². The van der Waals surface area contributed by atoms with Gasteiger partial charge in [0, 0.05) is 12.4 Å². The van der Waals surface area contributed by atoms with Crippen LogP contribution in [-0.2, 0) is 11.2 Å². The van der Waals surface area contributed by atoms with Gasteiger partial charge in [-0.1, -0.05) is 13.0 Å². The van der Waals surface area contributed by atoms with Gasteiger partial charge in [-0.05, 0) is 18.1 Å². The number of aliphatic hydroxyl groups excluding tert-OH is 2. The first kappa shape index (κ1) is 13.6. The molecular weight excluding hydrogens is 220 g/mol. The molecule has 94 valence electrons. The number of nitrogens with zero attached hydrogens (tertiary/aromatic N) is 1.